The van der Waals surface area contributed by atoms with Gasteiger partial charge in [-0.2, -0.15) is 5.26 Å². The van der Waals surface area contributed by atoms with Crippen molar-refractivity contribution in [3.63, 3.8) is 0 Å². The van der Waals surface area contributed by atoms with Gasteiger partial charge in [-0.1, -0.05) is 12.1 Å². The fourth-order valence-corrected chi connectivity index (χ4v) is 2.22. The molecule has 0 N–H and O–H groups in total. The number of hydrogen-bond acceptors (Lipinski definition) is 3. The van der Waals surface area contributed by atoms with Crippen LogP contribution in [0.3, 0.4) is 0 Å². The van der Waals surface area contributed by atoms with Crippen LogP contribution in [-0.4, -0.2) is 19.1 Å². The van der Waals surface area contributed by atoms with Crippen molar-refractivity contribution in [2.75, 3.05) is 18.1 Å². The monoisotopic (exact) mass is 264 g/mol. The van der Waals surface area contributed by atoms with Crippen molar-refractivity contribution in [2.24, 2.45) is 0 Å². The van der Waals surface area contributed by atoms with Crippen LogP contribution in [0.2, 0.25) is 0 Å². The van der Waals surface area contributed by atoms with Crippen LogP contribution < -0.4 is 9.64 Å². The van der Waals surface area contributed by atoms with Gasteiger partial charge in [0, 0.05) is 5.56 Å². The van der Waals surface area contributed by atoms with Crippen molar-refractivity contribution in [1.29, 1.82) is 5.26 Å². The van der Waals surface area contributed by atoms with E-state index in [-0.39, 0.29) is 5.91 Å². The number of fused-ring (bicyclic) bond motifs is 1. The zero-order chi connectivity index (χ0) is 13.9. The lowest BCUT2D eigenvalue weighted by molar-refractivity contribution is 0.0976. The second kappa shape index (κ2) is 5.06. The number of carbonyl (C=O) groups excluding carboxylic acids is 1. The molecular formula is C16H12N2O2. The number of amides is 1. The highest BCUT2D eigenvalue weighted by molar-refractivity contribution is 6.07. The van der Waals surface area contributed by atoms with E-state index in [0.29, 0.717) is 24.3 Å². The zero-order valence-electron chi connectivity index (χ0n) is 10.7. The average Bonchev–Trinajstić information content (AvgIpc) is 2.54. The number of anilines is 1. The molecule has 2 aromatic carbocycles. The molecule has 0 saturated heterocycles. The number of nitrogens with zero attached hydrogens (tertiary/aromatic N) is 2. The number of carbonyl (C=O) groups is 1. The number of ether oxygens (including phenoxy) is 1. The fourth-order valence-electron chi connectivity index (χ4n) is 2.22. The number of para-hydroxylation sites is 2. The third-order valence-corrected chi connectivity index (χ3v) is 3.23. The van der Waals surface area contributed by atoms with Crippen LogP contribution in [0.15, 0.2) is 48.5 Å². The Hall–Kier alpha value is -2.80. The van der Waals surface area contributed by atoms with E-state index in [0.717, 1.165) is 11.4 Å². The molecule has 3 rings (SSSR count). The van der Waals surface area contributed by atoms with Crippen molar-refractivity contribution in [3.8, 4) is 11.8 Å². The van der Waals surface area contributed by atoms with Crippen LogP contribution in [0, 0.1) is 11.3 Å². The first-order valence-electron chi connectivity index (χ1n) is 6.33. The quantitative estimate of drug-likeness (QED) is 0.795. The van der Waals surface area contributed by atoms with E-state index in [1.165, 1.54) is 0 Å². The molecule has 0 aliphatic carbocycles. The molecular weight excluding hydrogens is 252 g/mol. The molecule has 1 aliphatic heterocycles. The molecule has 1 aliphatic rings. The van der Waals surface area contributed by atoms with Gasteiger partial charge in [-0.25, -0.2) is 0 Å². The lowest BCUT2D eigenvalue weighted by atomic mass is 10.1. The van der Waals surface area contributed by atoms with Crippen LogP contribution in [0.4, 0.5) is 5.69 Å². The Bertz CT molecular complexity index is 686. The zero-order valence-corrected chi connectivity index (χ0v) is 10.7. The molecule has 98 valence electrons. The first-order valence-corrected chi connectivity index (χ1v) is 6.33. The lowest BCUT2D eigenvalue weighted by Crippen LogP contribution is -2.37. The minimum Gasteiger partial charge on any atom is -0.490 e. The summed E-state index contributed by atoms with van der Waals surface area (Å²) in [5.41, 5.74) is 1.90. The molecule has 0 unspecified atom stereocenters. The van der Waals surface area contributed by atoms with Gasteiger partial charge in [0.1, 0.15) is 12.4 Å². The Kier molecular flexibility index (Phi) is 3.10. The second-order valence-electron chi connectivity index (χ2n) is 4.46. The van der Waals surface area contributed by atoms with E-state index in [1.54, 1.807) is 29.2 Å². The molecule has 0 radical (unpaired) electrons. The Labute approximate surface area is 116 Å². The van der Waals surface area contributed by atoms with Gasteiger partial charge >= 0.3 is 0 Å². The number of nitriles is 1. The first kappa shape index (κ1) is 12.2. The maximum Gasteiger partial charge on any atom is 0.258 e. The third kappa shape index (κ3) is 2.10. The fraction of sp³-hybridized carbons (Fsp3) is 0.125. The van der Waals surface area contributed by atoms with E-state index < -0.39 is 0 Å². The van der Waals surface area contributed by atoms with E-state index in [4.69, 9.17) is 10.00 Å². The van der Waals surface area contributed by atoms with Crippen molar-refractivity contribution in [3.05, 3.63) is 59.7 Å². The molecule has 1 amide bonds. The smallest absolute Gasteiger partial charge is 0.258 e. The van der Waals surface area contributed by atoms with Gasteiger partial charge in [0.05, 0.1) is 23.9 Å². The van der Waals surface area contributed by atoms with Crippen LogP contribution in [0.5, 0.6) is 5.75 Å². The van der Waals surface area contributed by atoms with Crippen LogP contribution in [0.1, 0.15) is 15.9 Å². The van der Waals surface area contributed by atoms with Crippen molar-refractivity contribution in [2.45, 2.75) is 0 Å². The van der Waals surface area contributed by atoms with Crippen molar-refractivity contribution < 1.29 is 9.53 Å². The summed E-state index contributed by atoms with van der Waals surface area (Å²) < 4.78 is 5.54. The van der Waals surface area contributed by atoms with Gasteiger partial charge in [-0.3, -0.25) is 4.79 Å². The largest absolute Gasteiger partial charge is 0.490 e. The molecule has 0 atom stereocenters. The summed E-state index contributed by atoms with van der Waals surface area (Å²) in [4.78, 5) is 14.3. The van der Waals surface area contributed by atoms with Crippen LogP contribution in [-0.2, 0) is 0 Å². The normalized spacial score (nSPS) is 13.1. The predicted molar refractivity (Wildman–Crippen MR) is 74.8 cm³/mol. The molecule has 0 saturated carbocycles. The summed E-state index contributed by atoms with van der Waals surface area (Å²) in [6.07, 6.45) is 0. The molecule has 0 bridgehead atoms. The van der Waals surface area contributed by atoms with E-state index in [2.05, 4.69) is 0 Å². The number of hydrogen-bond donors (Lipinski definition) is 0. The van der Waals surface area contributed by atoms with E-state index in [1.807, 2.05) is 30.3 Å². The Morgan fingerprint density at radius 3 is 2.65 bits per heavy atom. The molecule has 4 nitrogen and oxygen atoms in total. The van der Waals surface area contributed by atoms with Gasteiger partial charge in [0.25, 0.3) is 5.91 Å². The highest BCUT2D eigenvalue weighted by atomic mass is 16.5. The highest BCUT2D eigenvalue weighted by Crippen LogP contribution is 2.31. The van der Waals surface area contributed by atoms with Gasteiger partial charge in [-0.15, -0.1) is 0 Å². The summed E-state index contributed by atoms with van der Waals surface area (Å²) in [6.45, 7) is 1.01. The summed E-state index contributed by atoms with van der Waals surface area (Å²) in [6, 6.07) is 16.2. The van der Waals surface area contributed by atoms with Crippen LogP contribution >= 0.6 is 0 Å². The van der Waals surface area contributed by atoms with Gasteiger partial charge < -0.3 is 9.64 Å². The Morgan fingerprint density at radius 1 is 1.15 bits per heavy atom. The SMILES string of the molecule is N#Cc1ccc(C(=O)N2CCOc3ccccc32)cc1. The minimum absolute atomic E-state index is 0.0785. The molecule has 20 heavy (non-hydrogen) atoms. The molecule has 2 aromatic rings. The molecule has 1 heterocycles. The summed E-state index contributed by atoms with van der Waals surface area (Å²) >= 11 is 0. The van der Waals surface area contributed by atoms with Crippen LogP contribution in [0.25, 0.3) is 0 Å². The maximum absolute atomic E-state index is 12.5. The van der Waals surface area contributed by atoms with Crippen molar-refractivity contribution >= 4 is 11.6 Å². The summed E-state index contributed by atoms with van der Waals surface area (Å²) in [5, 5.41) is 8.78. The van der Waals surface area contributed by atoms with Crippen molar-refractivity contribution in [1.82, 2.24) is 0 Å². The highest BCUT2D eigenvalue weighted by Gasteiger charge is 2.24. The number of benzene rings is 2. The van der Waals surface area contributed by atoms with Gasteiger partial charge in [-0.05, 0) is 36.4 Å². The predicted octanol–water partition coefficient (Wildman–Crippen LogP) is 2.60. The van der Waals surface area contributed by atoms with Gasteiger partial charge in [0.15, 0.2) is 0 Å². The number of rotatable bonds is 1. The topological polar surface area (TPSA) is 53.3 Å². The first-order chi connectivity index (χ1) is 9.79. The lowest BCUT2D eigenvalue weighted by Gasteiger charge is -2.29. The summed E-state index contributed by atoms with van der Waals surface area (Å²) in [7, 11) is 0. The third-order valence-electron chi connectivity index (χ3n) is 3.23. The molecule has 0 spiro atoms. The van der Waals surface area contributed by atoms with Gasteiger partial charge in [0.2, 0.25) is 0 Å². The average molecular weight is 264 g/mol. The maximum atomic E-state index is 12.5. The molecule has 0 fully saturated rings. The van der Waals surface area contributed by atoms with E-state index >= 15 is 0 Å². The second-order valence-corrected chi connectivity index (χ2v) is 4.46. The molecule has 4 heteroatoms. The standard InChI is InChI=1S/C16H12N2O2/c17-11-12-5-7-13(8-6-12)16(19)18-9-10-20-15-4-2-1-3-14(15)18/h1-8H,9-10H2. The van der Waals surface area contributed by atoms with E-state index in [9.17, 15) is 4.79 Å². The molecule has 0 aromatic heterocycles. The Balaban J connectivity index is 1.93. The summed E-state index contributed by atoms with van der Waals surface area (Å²) in [5.74, 6) is 0.644. The minimum atomic E-state index is -0.0785. The Morgan fingerprint density at radius 2 is 1.90 bits per heavy atom.